The lowest BCUT2D eigenvalue weighted by Crippen LogP contribution is -2.42. The molecule has 0 saturated heterocycles. The highest BCUT2D eigenvalue weighted by Crippen LogP contribution is 2.17. The van der Waals surface area contributed by atoms with Gasteiger partial charge in [0.1, 0.15) is 11.2 Å². The molecule has 0 atom stereocenters. The van der Waals surface area contributed by atoms with Crippen LogP contribution < -0.4 is 0 Å². The molecule has 0 aromatic rings. The molecule has 0 saturated carbocycles. The highest BCUT2D eigenvalue weighted by Gasteiger charge is 2.31. The minimum absolute atomic E-state index is 0.172. The van der Waals surface area contributed by atoms with Gasteiger partial charge in [-0.05, 0) is 73.1 Å². The number of allylic oxidation sites excluding steroid dienone is 4. The zero-order valence-corrected chi connectivity index (χ0v) is 26.9. The van der Waals surface area contributed by atoms with E-state index in [4.69, 9.17) is 9.47 Å². The summed E-state index contributed by atoms with van der Waals surface area (Å²) < 4.78 is 62.6. The Labute approximate surface area is 246 Å². The van der Waals surface area contributed by atoms with Crippen LogP contribution in [-0.4, -0.2) is 85.1 Å². The molecule has 11 nitrogen and oxygen atoms in total. The van der Waals surface area contributed by atoms with Crippen LogP contribution in [0, 0.1) is 5.92 Å². The first-order valence-electron chi connectivity index (χ1n) is 13.4. The van der Waals surface area contributed by atoms with Crippen molar-refractivity contribution in [3.63, 3.8) is 0 Å². The molecule has 0 aliphatic heterocycles. The number of ether oxygens (including phenoxy) is 2. The highest BCUT2D eigenvalue weighted by molar-refractivity contribution is 7.89. The molecule has 0 unspecified atom stereocenters. The Bertz CT molecular complexity index is 1040. The Morgan fingerprint density at radius 3 is 1.34 bits per heavy atom. The topological polar surface area (TPSA) is 148 Å². The van der Waals surface area contributed by atoms with Crippen LogP contribution in [0.5, 0.6) is 0 Å². The molecule has 0 aromatic carbocycles. The average molecular weight is 621 g/mol. The molecule has 0 fully saturated rings. The Morgan fingerprint density at radius 2 is 1.07 bits per heavy atom. The Hall–Kier alpha value is -2.64. The van der Waals surface area contributed by atoms with Crippen molar-refractivity contribution in [2.45, 2.75) is 78.4 Å². The fraction of sp³-hybridized carbons (Fsp3) is 0.643. The van der Waals surface area contributed by atoms with Crippen LogP contribution >= 0.6 is 0 Å². The summed E-state index contributed by atoms with van der Waals surface area (Å²) in [6.45, 7) is 16.2. The fourth-order valence-electron chi connectivity index (χ4n) is 3.08. The Morgan fingerprint density at radius 1 is 0.732 bits per heavy atom. The van der Waals surface area contributed by atoms with Gasteiger partial charge in [-0.15, -0.1) is 13.2 Å². The first kappa shape index (κ1) is 38.4. The minimum atomic E-state index is -3.95. The summed E-state index contributed by atoms with van der Waals surface area (Å²) in [4.78, 5) is 25.1. The van der Waals surface area contributed by atoms with Crippen LogP contribution in [0.3, 0.4) is 0 Å². The molecule has 13 heteroatoms. The number of aliphatic hydroxyl groups excluding tert-OH is 1. The number of hydrogen-bond donors (Lipinski definition) is 1. The van der Waals surface area contributed by atoms with Crippen molar-refractivity contribution < 1.29 is 41.0 Å². The maximum atomic E-state index is 12.7. The molecule has 2 amide bonds. The summed E-state index contributed by atoms with van der Waals surface area (Å²) in [5.41, 5.74) is -1.77. The third-order valence-electron chi connectivity index (χ3n) is 5.10. The molecule has 41 heavy (non-hydrogen) atoms. The third kappa shape index (κ3) is 16.4. The summed E-state index contributed by atoms with van der Waals surface area (Å²) in [5, 5.41) is 9.78. The molecule has 0 heterocycles. The molecular formula is C28H48N2O9S2. The molecule has 0 bridgehead atoms. The lowest BCUT2D eigenvalue weighted by Gasteiger charge is -2.26. The largest absolute Gasteiger partial charge is 0.443 e. The van der Waals surface area contributed by atoms with Gasteiger partial charge < -0.3 is 14.6 Å². The molecule has 0 rings (SSSR count). The summed E-state index contributed by atoms with van der Waals surface area (Å²) in [6.07, 6.45) is 8.31. The number of hydrogen-bond acceptors (Lipinski definition) is 9. The molecule has 0 aromatic heterocycles. The van der Waals surface area contributed by atoms with E-state index in [1.54, 1.807) is 53.7 Å². The second-order valence-corrected chi connectivity index (χ2v) is 15.3. The van der Waals surface area contributed by atoms with E-state index >= 15 is 0 Å². The predicted octanol–water partition coefficient (Wildman–Crippen LogP) is 4.77. The Balaban J connectivity index is 5.40. The highest BCUT2D eigenvalue weighted by atomic mass is 32.2. The van der Waals surface area contributed by atoms with Crippen LogP contribution in [0.2, 0.25) is 0 Å². The zero-order chi connectivity index (χ0) is 31.9. The quantitative estimate of drug-likeness (QED) is 0.227. The third-order valence-corrected chi connectivity index (χ3v) is 8.54. The first-order chi connectivity index (χ1) is 18.8. The van der Waals surface area contributed by atoms with Crippen LogP contribution in [0.4, 0.5) is 9.59 Å². The minimum Gasteiger partial charge on any atom is -0.443 e. The van der Waals surface area contributed by atoms with Crippen LogP contribution in [-0.2, 0) is 29.5 Å². The van der Waals surface area contributed by atoms with Crippen LogP contribution in [0.1, 0.15) is 67.2 Å². The number of carbonyl (C=O) groups excluding carboxylic acids is 2. The van der Waals surface area contributed by atoms with E-state index in [-0.39, 0.29) is 50.0 Å². The van der Waals surface area contributed by atoms with Gasteiger partial charge in [-0.25, -0.2) is 35.0 Å². The van der Waals surface area contributed by atoms with Gasteiger partial charge in [-0.2, -0.15) is 0 Å². The zero-order valence-electron chi connectivity index (χ0n) is 25.2. The summed E-state index contributed by atoms with van der Waals surface area (Å²) in [6, 6.07) is 0. The van der Waals surface area contributed by atoms with Crippen molar-refractivity contribution in [1.82, 2.24) is 8.61 Å². The van der Waals surface area contributed by atoms with Gasteiger partial charge in [0, 0.05) is 6.61 Å². The van der Waals surface area contributed by atoms with Crippen LogP contribution in [0.15, 0.2) is 49.6 Å². The number of amides is 2. The van der Waals surface area contributed by atoms with Crippen molar-refractivity contribution >= 4 is 32.2 Å². The number of aliphatic hydroxyl groups is 1. The van der Waals surface area contributed by atoms with E-state index in [0.717, 1.165) is 0 Å². The summed E-state index contributed by atoms with van der Waals surface area (Å²) in [7, 11) is -7.89. The molecule has 0 aliphatic rings. The number of nitrogens with zero attached hydrogens (tertiary/aromatic N) is 2. The van der Waals surface area contributed by atoms with Gasteiger partial charge in [-0.3, -0.25) is 0 Å². The van der Waals surface area contributed by atoms with Gasteiger partial charge in [0.2, 0.25) is 20.0 Å². The average Bonchev–Trinajstić information content (AvgIpc) is 2.82. The molecule has 236 valence electrons. The monoisotopic (exact) mass is 620 g/mol. The number of rotatable bonds is 17. The second kappa shape index (κ2) is 17.3. The van der Waals surface area contributed by atoms with E-state index in [0.29, 0.717) is 21.5 Å². The lowest BCUT2D eigenvalue weighted by molar-refractivity contribution is 0.0391. The smallest absolute Gasteiger partial charge is 0.424 e. The lowest BCUT2D eigenvalue weighted by atomic mass is 10.0. The van der Waals surface area contributed by atoms with Gasteiger partial charge in [-0.1, -0.05) is 36.5 Å². The van der Waals surface area contributed by atoms with E-state index in [1.807, 2.05) is 0 Å². The van der Waals surface area contributed by atoms with E-state index in [2.05, 4.69) is 13.2 Å². The van der Waals surface area contributed by atoms with Gasteiger partial charge >= 0.3 is 12.2 Å². The van der Waals surface area contributed by atoms with Crippen molar-refractivity contribution in [3.8, 4) is 0 Å². The summed E-state index contributed by atoms with van der Waals surface area (Å²) >= 11 is 0. The van der Waals surface area contributed by atoms with Gasteiger partial charge in [0.25, 0.3) is 0 Å². The molecular weight excluding hydrogens is 572 g/mol. The fourth-order valence-corrected chi connectivity index (χ4v) is 5.60. The van der Waals surface area contributed by atoms with Crippen molar-refractivity contribution in [2.75, 3.05) is 31.2 Å². The van der Waals surface area contributed by atoms with E-state index in [9.17, 15) is 31.5 Å². The van der Waals surface area contributed by atoms with Gasteiger partial charge in [0.05, 0.1) is 24.6 Å². The van der Waals surface area contributed by atoms with Gasteiger partial charge in [0.15, 0.2) is 0 Å². The summed E-state index contributed by atoms with van der Waals surface area (Å²) in [5.74, 6) is -0.865. The van der Waals surface area contributed by atoms with Crippen molar-refractivity contribution in [2.24, 2.45) is 5.92 Å². The van der Waals surface area contributed by atoms with E-state index in [1.165, 1.54) is 24.3 Å². The maximum Gasteiger partial charge on any atom is 0.424 e. The molecule has 1 N–H and O–H groups in total. The maximum absolute atomic E-state index is 12.7. The SMILES string of the molecule is C=CCCS(=O)(=O)N(C/C=C/CC(CO)C/C=C/CN(C(=O)OC(C)(C)C)S(=O)(=O)CCC=C)C(=O)OC(C)(C)C. The standard InChI is InChI=1S/C28H48N2O9S2/c1-9-11-21-40(34,35)29(25(32)38-27(3,4)5)19-15-13-17-24(23-31)18-14-16-20-30(26(33)39-28(6,7)8)41(36,37)22-12-10-2/h9-10,13-16,24,31H,1-2,11-12,17-23H2,3-8H3/b15-13+,16-14+. The van der Waals surface area contributed by atoms with Crippen molar-refractivity contribution in [3.05, 3.63) is 49.6 Å². The molecule has 0 spiro atoms. The van der Waals surface area contributed by atoms with Crippen molar-refractivity contribution in [1.29, 1.82) is 0 Å². The number of sulfonamides is 2. The molecule has 0 aliphatic carbocycles. The number of carbonyl (C=O) groups is 2. The second-order valence-electron chi connectivity index (χ2n) is 11.3. The normalized spacial score (nSPS) is 13.0. The van der Waals surface area contributed by atoms with Crippen LogP contribution in [0.25, 0.3) is 0 Å². The van der Waals surface area contributed by atoms with E-state index < -0.39 is 43.4 Å². The first-order valence-corrected chi connectivity index (χ1v) is 16.6. The Kier molecular flexibility index (Phi) is 16.2. The molecule has 0 radical (unpaired) electrons. The predicted molar refractivity (Wildman–Crippen MR) is 161 cm³/mol.